The number of thiophene rings is 1. The molecule has 0 aliphatic carbocycles. The maximum absolute atomic E-state index is 12.4. The molecular weight excluding hydrogens is 296 g/mol. The van der Waals surface area contributed by atoms with E-state index >= 15 is 0 Å². The number of carbonyl (C=O) groups excluding carboxylic acids is 1. The molecule has 2 aromatic heterocycles. The summed E-state index contributed by atoms with van der Waals surface area (Å²) in [6.07, 6.45) is 1.50. The minimum Gasteiger partial charge on any atom is -0.348 e. The SMILES string of the molecule is O=C1NC(OCc2ccccc2)c2cccn2-c2ccsc21. The molecule has 1 amide bonds. The highest BCUT2D eigenvalue weighted by molar-refractivity contribution is 7.12. The number of amides is 1. The van der Waals surface area contributed by atoms with Crippen molar-refractivity contribution in [2.75, 3.05) is 0 Å². The third kappa shape index (κ3) is 2.24. The Kier molecular flexibility index (Phi) is 3.29. The van der Waals surface area contributed by atoms with Crippen molar-refractivity contribution in [3.63, 3.8) is 0 Å². The standard InChI is InChI=1S/C17H14N2O2S/c20-16-15-13(8-10-22-15)19-9-4-7-14(19)17(18-16)21-11-12-5-2-1-3-6-12/h1-10,17H,11H2,(H,18,20). The molecule has 0 fully saturated rings. The van der Waals surface area contributed by atoms with Crippen LogP contribution in [0.3, 0.4) is 0 Å². The Morgan fingerprint density at radius 1 is 1.14 bits per heavy atom. The number of nitrogens with zero attached hydrogens (tertiary/aromatic N) is 1. The van der Waals surface area contributed by atoms with Gasteiger partial charge in [0, 0.05) is 6.20 Å². The van der Waals surface area contributed by atoms with Gasteiger partial charge in [0.25, 0.3) is 5.91 Å². The molecular formula is C17H14N2O2S. The molecule has 110 valence electrons. The van der Waals surface area contributed by atoms with Crippen LogP contribution in [0.1, 0.15) is 27.2 Å². The highest BCUT2D eigenvalue weighted by Gasteiger charge is 2.27. The van der Waals surface area contributed by atoms with Gasteiger partial charge in [-0.15, -0.1) is 11.3 Å². The number of benzene rings is 1. The third-order valence-electron chi connectivity index (χ3n) is 3.68. The van der Waals surface area contributed by atoms with Crippen molar-refractivity contribution in [3.05, 3.63) is 76.2 Å². The highest BCUT2D eigenvalue weighted by atomic mass is 32.1. The minimum absolute atomic E-state index is 0.0910. The first-order valence-corrected chi connectivity index (χ1v) is 7.92. The average molecular weight is 310 g/mol. The van der Waals surface area contributed by atoms with Crippen LogP contribution in [0.15, 0.2) is 60.1 Å². The first-order chi connectivity index (χ1) is 10.8. The van der Waals surface area contributed by atoms with Crippen LogP contribution in [0.4, 0.5) is 0 Å². The Morgan fingerprint density at radius 3 is 2.86 bits per heavy atom. The fourth-order valence-corrected chi connectivity index (χ4v) is 3.41. The van der Waals surface area contributed by atoms with Gasteiger partial charge in [0.05, 0.1) is 18.0 Å². The van der Waals surface area contributed by atoms with E-state index in [0.717, 1.165) is 16.9 Å². The minimum atomic E-state index is -0.456. The zero-order chi connectivity index (χ0) is 14.9. The summed E-state index contributed by atoms with van der Waals surface area (Å²) >= 11 is 1.44. The van der Waals surface area contributed by atoms with E-state index in [1.165, 1.54) is 11.3 Å². The van der Waals surface area contributed by atoms with Crippen molar-refractivity contribution in [2.24, 2.45) is 0 Å². The number of carbonyl (C=O) groups is 1. The molecule has 0 saturated carbocycles. The van der Waals surface area contributed by atoms with Gasteiger partial charge in [-0.3, -0.25) is 4.79 Å². The van der Waals surface area contributed by atoms with Crippen LogP contribution in [-0.2, 0) is 11.3 Å². The summed E-state index contributed by atoms with van der Waals surface area (Å²) in [6.45, 7) is 0.449. The molecule has 4 nitrogen and oxygen atoms in total. The second-order valence-corrected chi connectivity index (χ2v) is 6.00. The molecule has 1 atom stereocenters. The number of rotatable bonds is 3. The van der Waals surface area contributed by atoms with E-state index in [-0.39, 0.29) is 5.91 Å². The van der Waals surface area contributed by atoms with Crippen LogP contribution >= 0.6 is 11.3 Å². The van der Waals surface area contributed by atoms with Crippen molar-refractivity contribution < 1.29 is 9.53 Å². The summed E-state index contributed by atoms with van der Waals surface area (Å²) in [5, 5.41) is 4.89. The van der Waals surface area contributed by atoms with Gasteiger partial charge < -0.3 is 14.6 Å². The Balaban J connectivity index is 1.64. The molecule has 3 heterocycles. The van der Waals surface area contributed by atoms with E-state index in [0.29, 0.717) is 11.5 Å². The summed E-state index contributed by atoms with van der Waals surface area (Å²) in [4.78, 5) is 13.1. The zero-order valence-corrected chi connectivity index (χ0v) is 12.5. The molecule has 0 bridgehead atoms. The summed E-state index contributed by atoms with van der Waals surface area (Å²) in [5.74, 6) is -0.0910. The molecule has 0 saturated heterocycles. The number of fused-ring (bicyclic) bond motifs is 3. The lowest BCUT2D eigenvalue weighted by atomic mass is 10.2. The second kappa shape index (κ2) is 5.44. The van der Waals surface area contributed by atoms with E-state index < -0.39 is 6.23 Å². The molecule has 1 aromatic carbocycles. The molecule has 0 radical (unpaired) electrons. The first kappa shape index (κ1) is 13.3. The van der Waals surface area contributed by atoms with Crippen LogP contribution in [0.5, 0.6) is 0 Å². The Morgan fingerprint density at radius 2 is 2.00 bits per heavy atom. The van der Waals surface area contributed by atoms with Crippen molar-refractivity contribution in [3.8, 4) is 5.69 Å². The smallest absolute Gasteiger partial charge is 0.265 e. The first-order valence-electron chi connectivity index (χ1n) is 7.04. The molecule has 1 unspecified atom stereocenters. The van der Waals surface area contributed by atoms with Crippen molar-refractivity contribution in [1.29, 1.82) is 0 Å². The molecule has 1 N–H and O–H groups in total. The molecule has 1 aliphatic heterocycles. The lowest BCUT2D eigenvalue weighted by molar-refractivity contribution is 0.0141. The predicted octanol–water partition coefficient (Wildman–Crippen LogP) is 3.50. The average Bonchev–Trinajstić information content (AvgIpc) is 3.18. The van der Waals surface area contributed by atoms with Gasteiger partial charge in [-0.05, 0) is 29.1 Å². The van der Waals surface area contributed by atoms with Crippen molar-refractivity contribution in [1.82, 2.24) is 9.88 Å². The maximum Gasteiger partial charge on any atom is 0.265 e. The third-order valence-corrected chi connectivity index (χ3v) is 4.58. The molecule has 1 aliphatic rings. The lowest BCUT2D eigenvalue weighted by Gasteiger charge is -2.18. The summed E-state index contributed by atoms with van der Waals surface area (Å²) in [7, 11) is 0. The topological polar surface area (TPSA) is 43.3 Å². The second-order valence-electron chi connectivity index (χ2n) is 5.09. The molecule has 0 spiro atoms. The quantitative estimate of drug-likeness (QED) is 0.804. The highest BCUT2D eigenvalue weighted by Crippen LogP contribution is 2.30. The van der Waals surface area contributed by atoms with E-state index in [4.69, 9.17) is 4.74 Å². The maximum atomic E-state index is 12.4. The van der Waals surface area contributed by atoms with E-state index in [9.17, 15) is 4.79 Å². The van der Waals surface area contributed by atoms with Crippen LogP contribution < -0.4 is 5.32 Å². The number of nitrogens with one attached hydrogen (secondary N) is 1. The largest absolute Gasteiger partial charge is 0.348 e. The summed E-state index contributed by atoms with van der Waals surface area (Å²) in [6, 6.07) is 15.8. The van der Waals surface area contributed by atoms with Crippen LogP contribution in [0.2, 0.25) is 0 Å². The Hall–Kier alpha value is -2.37. The van der Waals surface area contributed by atoms with Gasteiger partial charge in [-0.2, -0.15) is 0 Å². The van der Waals surface area contributed by atoms with E-state index in [2.05, 4.69) is 5.32 Å². The van der Waals surface area contributed by atoms with Gasteiger partial charge >= 0.3 is 0 Å². The fraction of sp³-hybridized carbons (Fsp3) is 0.118. The molecule has 3 aromatic rings. The predicted molar refractivity (Wildman–Crippen MR) is 85.1 cm³/mol. The molecule has 4 rings (SSSR count). The summed E-state index contributed by atoms with van der Waals surface area (Å²) < 4.78 is 7.97. The number of hydrogen-bond donors (Lipinski definition) is 1. The van der Waals surface area contributed by atoms with Gasteiger partial charge in [0.15, 0.2) is 6.23 Å². The monoisotopic (exact) mass is 310 g/mol. The summed E-state index contributed by atoms with van der Waals surface area (Å²) in [5.41, 5.74) is 2.92. The Bertz CT molecular complexity index is 807. The zero-order valence-electron chi connectivity index (χ0n) is 11.7. The van der Waals surface area contributed by atoms with Crippen molar-refractivity contribution >= 4 is 17.2 Å². The van der Waals surface area contributed by atoms with E-state index in [1.54, 1.807) is 0 Å². The van der Waals surface area contributed by atoms with Gasteiger partial charge in [0.2, 0.25) is 0 Å². The van der Waals surface area contributed by atoms with Gasteiger partial charge in [-0.1, -0.05) is 30.3 Å². The lowest BCUT2D eigenvalue weighted by Crippen LogP contribution is -2.28. The number of ether oxygens (including phenoxy) is 1. The van der Waals surface area contributed by atoms with E-state index in [1.807, 2.05) is 64.7 Å². The van der Waals surface area contributed by atoms with Crippen LogP contribution in [-0.4, -0.2) is 10.5 Å². The number of hydrogen-bond acceptors (Lipinski definition) is 3. The molecule has 22 heavy (non-hydrogen) atoms. The van der Waals surface area contributed by atoms with Gasteiger partial charge in [0.1, 0.15) is 4.88 Å². The molecule has 5 heteroatoms. The van der Waals surface area contributed by atoms with Crippen molar-refractivity contribution in [2.45, 2.75) is 12.8 Å². The van der Waals surface area contributed by atoms with Crippen LogP contribution in [0.25, 0.3) is 5.69 Å². The van der Waals surface area contributed by atoms with Crippen LogP contribution in [0, 0.1) is 0 Å². The Labute approximate surface area is 132 Å². The fourth-order valence-electron chi connectivity index (χ4n) is 2.63. The number of aromatic nitrogens is 1. The normalized spacial score (nSPS) is 16.5. The van der Waals surface area contributed by atoms with Gasteiger partial charge in [-0.25, -0.2) is 0 Å².